The highest BCUT2D eigenvalue weighted by Gasteiger charge is 2.33. The Labute approximate surface area is 210 Å². The molecule has 0 spiro atoms. The summed E-state index contributed by atoms with van der Waals surface area (Å²) in [6, 6.07) is -4.44. The lowest BCUT2D eigenvalue weighted by atomic mass is 9.96. The van der Waals surface area contributed by atoms with Gasteiger partial charge in [0.15, 0.2) is 0 Å². The molecule has 0 fully saturated rings. The highest BCUT2D eigenvalue weighted by Crippen LogP contribution is 2.12. The molecule has 36 heavy (non-hydrogen) atoms. The van der Waals surface area contributed by atoms with Crippen molar-refractivity contribution in [2.75, 3.05) is 0 Å². The minimum Gasteiger partial charge on any atom is -0.481 e. The standard InChI is InChI=1S/C23H38N6O7/c1-5-13(4)19(22(34)27-16(23(35)36)6-7-18(30)31)29-21(33)17(8-12(2)3)28-20(32)15(24)9-14-10-25-11-26-14/h10-13,15-17,19H,5-9,24H2,1-4H3,(H,25,26)(H,27,34)(H,28,32)(H,29,33)(H,30,31)(H,35,36). The van der Waals surface area contributed by atoms with Gasteiger partial charge < -0.3 is 36.9 Å². The first-order chi connectivity index (χ1) is 16.8. The van der Waals surface area contributed by atoms with Crippen LogP contribution in [-0.4, -0.2) is 74.0 Å². The van der Waals surface area contributed by atoms with E-state index in [2.05, 4.69) is 25.9 Å². The normalized spacial score (nSPS) is 15.3. The van der Waals surface area contributed by atoms with Crippen LogP contribution in [0.4, 0.5) is 0 Å². The van der Waals surface area contributed by atoms with E-state index in [1.165, 1.54) is 6.33 Å². The smallest absolute Gasteiger partial charge is 0.326 e. The molecule has 0 aromatic carbocycles. The Hall–Kier alpha value is -3.48. The van der Waals surface area contributed by atoms with Gasteiger partial charge in [-0.05, 0) is 24.7 Å². The molecule has 5 unspecified atom stereocenters. The van der Waals surface area contributed by atoms with Gasteiger partial charge >= 0.3 is 11.9 Å². The lowest BCUT2D eigenvalue weighted by Gasteiger charge is -2.28. The number of hydrogen-bond acceptors (Lipinski definition) is 7. The predicted molar refractivity (Wildman–Crippen MR) is 129 cm³/mol. The number of H-pyrrole nitrogens is 1. The second kappa shape index (κ2) is 14.8. The Morgan fingerprint density at radius 3 is 2.14 bits per heavy atom. The van der Waals surface area contributed by atoms with Crippen molar-refractivity contribution in [3.8, 4) is 0 Å². The number of carbonyl (C=O) groups is 5. The molecule has 13 nitrogen and oxygen atoms in total. The Kier molecular flexibility index (Phi) is 12.6. The number of aliphatic carboxylic acids is 2. The van der Waals surface area contributed by atoms with E-state index in [9.17, 15) is 29.1 Å². The summed E-state index contributed by atoms with van der Waals surface area (Å²) >= 11 is 0. The van der Waals surface area contributed by atoms with E-state index in [0.29, 0.717) is 12.1 Å². The first kappa shape index (κ1) is 30.6. The quantitative estimate of drug-likeness (QED) is 0.156. The minimum absolute atomic E-state index is 0.0215. The zero-order chi connectivity index (χ0) is 27.4. The summed E-state index contributed by atoms with van der Waals surface area (Å²) in [6.45, 7) is 7.26. The van der Waals surface area contributed by atoms with Gasteiger partial charge in [0.25, 0.3) is 0 Å². The molecule has 1 aromatic heterocycles. The number of hydrogen-bond donors (Lipinski definition) is 7. The van der Waals surface area contributed by atoms with Crippen LogP contribution < -0.4 is 21.7 Å². The predicted octanol–water partition coefficient (Wildman–Crippen LogP) is -0.224. The van der Waals surface area contributed by atoms with E-state index in [4.69, 9.17) is 10.8 Å². The van der Waals surface area contributed by atoms with E-state index < -0.39 is 60.2 Å². The van der Waals surface area contributed by atoms with Crippen molar-refractivity contribution in [2.24, 2.45) is 17.6 Å². The van der Waals surface area contributed by atoms with E-state index in [1.54, 1.807) is 20.0 Å². The highest BCUT2D eigenvalue weighted by atomic mass is 16.4. The molecular formula is C23H38N6O7. The molecule has 0 saturated carbocycles. The number of carboxylic acid groups (broad SMARTS) is 2. The summed E-state index contributed by atoms with van der Waals surface area (Å²) < 4.78 is 0. The maximum atomic E-state index is 13.2. The maximum Gasteiger partial charge on any atom is 0.326 e. The number of nitrogens with one attached hydrogen (secondary N) is 4. The molecule has 0 radical (unpaired) electrons. The van der Waals surface area contributed by atoms with Crippen LogP contribution in [0, 0.1) is 11.8 Å². The number of aromatic amines is 1. The maximum absolute atomic E-state index is 13.2. The molecule has 0 aliphatic heterocycles. The fourth-order valence-corrected chi connectivity index (χ4v) is 3.45. The largest absolute Gasteiger partial charge is 0.481 e. The summed E-state index contributed by atoms with van der Waals surface area (Å²) in [5.41, 5.74) is 6.65. The van der Waals surface area contributed by atoms with Crippen LogP contribution in [0.15, 0.2) is 12.5 Å². The molecule has 1 heterocycles. The Morgan fingerprint density at radius 2 is 1.64 bits per heavy atom. The van der Waals surface area contributed by atoms with Crippen LogP contribution >= 0.6 is 0 Å². The van der Waals surface area contributed by atoms with E-state index in [0.717, 1.165) is 0 Å². The molecule has 0 saturated heterocycles. The van der Waals surface area contributed by atoms with Crippen LogP contribution in [0.25, 0.3) is 0 Å². The van der Waals surface area contributed by atoms with Crippen molar-refractivity contribution in [1.82, 2.24) is 25.9 Å². The number of carbonyl (C=O) groups excluding carboxylic acids is 3. The molecule has 5 atom stereocenters. The fraction of sp³-hybridized carbons (Fsp3) is 0.652. The van der Waals surface area contributed by atoms with Crippen LogP contribution in [0.2, 0.25) is 0 Å². The van der Waals surface area contributed by atoms with Crippen LogP contribution in [-0.2, 0) is 30.4 Å². The zero-order valence-corrected chi connectivity index (χ0v) is 21.1. The number of nitrogens with two attached hydrogens (primary N) is 1. The highest BCUT2D eigenvalue weighted by molar-refractivity contribution is 5.94. The topological polar surface area (TPSA) is 217 Å². The Morgan fingerprint density at radius 1 is 1.00 bits per heavy atom. The summed E-state index contributed by atoms with van der Waals surface area (Å²) in [7, 11) is 0. The first-order valence-corrected chi connectivity index (χ1v) is 11.9. The van der Waals surface area contributed by atoms with Gasteiger partial charge in [0, 0.05) is 24.7 Å². The lowest BCUT2D eigenvalue weighted by molar-refractivity contribution is -0.143. The fourth-order valence-electron chi connectivity index (χ4n) is 3.45. The van der Waals surface area contributed by atoms with Crippen molar-refractivity contribution in [3.05, 3.63) is 18.2 Å². The molecule has 0 aliphatic rings. The number of rotatable bonds is 16. The van der Waals surface area contributed by atoms with Gasteiger partial charge in [0.2, 0.25) is 17.7 Å². The Balaban J connectivity index is 2.96. The van der Waals surface area contributed by atoms with Crippen molar-refractivity contribution >= 4 is 29.7 Å². The van der Waals surface area contributed by atoms with E-state index >= 15 is 0 Å². The number of carboxylic acids is 2. The summed E-state index contributed by atoms with van der Waals surface area (Å²) in [4.78, 5) is 67.8. The monoisotopic (exact) mass is 510 g/mol. The summed E-state index contributed by atoms with van der Waals surface area (Å²) in [5, 5.41) is 25.8. The molecule has 1 rings (SSSR count). The van der Waals surface area contributed by atoms with Gasteiger partial charge in [-0.2, -0.15) is 0 Å². The van der Waals surface area contributed by atoms with Crippen molar-refractivity contribution in [1.29, 1.82) is 0 Å². The zero-order valence-electron chi connectivity index (χ0n) is 21.1. The lowest BCUT2D eigenvalue weighted by Crippen LogP contribution is -2.59. The number of nitrogens with zero attached hydrogens (tertiary/aromatic N) is 1. The third-order valence-corrected chi connectivity index (χ3v) is 5.73. The van der Waals surface area contributed by atoms with E-state index in [1.807, 2.05) is 13.8 Å². The van der Waals surface area contributed by atoms with Gasteiger partial charge in [-0.1, -0.05) is 34.1 Å². The molecule has 0 bridgehead atoms. The van der Waals surface area contributed by atoms with Gasteiger partial charge in [-0.25, -0.2) is 9.78 Å². The van der Waals surface area contributed by atoms with Crippen molar-refractivity contribution < 1.29 is 34.2 Å². The third-order valence-electron chi connectivity index (χ3n) is 5.73. The van der Waals surface area contributed by atoms with E-state index in [-0.39, 0.29) is 31.1 Å². The minimum atomic E-state index is -1.43. The third kappa shape index (κ3) is 10.4. The molecule has 13 heteroatoms. The van der Waals surface area contributed by atoms with Gasteiger partial charge in [-0.3, -0.25) is 19.2 Å². The van der Waals surface area contributed by atoms with Gasteiger partial charge in [0.05, 0.1) is 12.4 Å². The van der Waals surface area contributed by atoms with Gasteiger partial charge in [0.1, 0.15) is 18.1 Å². The molecule has 1 aromatic rings. The average Bonchev–Trinajstić information content (AvgIpc) is 3.31. The summed E-state index contributed by atoms with van der Waals surface area (Å²) in [5.74, 6) is -4.83. The van der Waals surface area contributed by atoms with Crippen LogP contribution in [0.1, 0.15) is 59.1 Å². The van der Waals surface area contributed by atoms with Crippen LogP contribution in [0.3, 0.4) is 0 Å². The first-order valence-electron chi connectivity index (χ1n) is 11.9. The average molecular weight is 511 g/mol. The van der Waals surface area contributed by atoms with Crippen molar-refractivity contribution in [3.63, 3.8) is 0 Å². The molecule has 3 amide bonds. The SMILES string of the molecule is CCC(C)C(NC(=O)C(CC(C)C)NC(=O)C(N)Cc1cnc[nH]1)C(=O)NC(CCC(=O)O)C(=O)O. The van der Waals surface area contributed by atoms with Crippen molar-refractivity contribution in [2.45, 2.75) is 84.0 Å². The molecule has 0 aliphatic carbocycles. The second-order valence-electron chi connectivity index (χ2n) is 9.28. The number of amides is 3. The Bertz CT molecular complexity index is 890. The molecule has 8 N–H and O–H groups in total. The number of imidazole rings is 1. The second-order valence-corrected chi connectivity index (χ2v) is 9.28. The summed E-state index contributed by atoms with van der Waals surface area (Å²) in [6.07, 6.45) is 3.21. The molecular weight excluding hydrogens is 472 g/mol. The van der Waals surface area contributed by atoms with Crippen LogP contribution in [0.5, 0.6) is 0 Å². The number of aromatic nitrogens is 2. The van der Waals surface area contributed by atoms with Gasteiger partial charge in [-0.15, -0.1) is 0 Å². The molecule has 202 valence electrons.